The lowest BCUT2D eigenvalue weighted by atomic mass is 9.85. The first kappa shape index (κ1) is 19.7. The van der Waals surface area contributed by atoms with Crippen molar-refractivity contribution in [2.45, 2.75) is 18.4 Å². The van der Waals surface area contributed by atoms with Crippen LogP contribution in [-0.2, 0) is 11.2 Å². The van der Waals surface area contributed by atoms with Gasteiger partial charge in [-0.2, -0.15) is 0 Å². The molecule has 0 spiro atoms. The summed E-state index contributed by atoms with van der Waals surface area (Å²) in [7, 11) is 0. The average molecular weight is 402 g/mol. The molecule has 0 aliphatic carbocycles. The third-order valence-electron chi connectivity index (χ3n) is 4.44. The van der Waals surface area contributed by atoms with Gasteiger partial charge in [-0.25, -0.2) is 9.78 Å². The SMILES string of the molecule is C=CCOc1cccc(C[C@@H](c2cnc(Cl)cc2C(N)=O)[C@@H]2CNC(=O)O2)c1. The Morgan fingerprint density at radius 2 is 2.32 bits per heavy atom. The molecule has 2 heterocycles. The first-order valence-corrected chi connectivity index (χ1v) is 9.08. The third-order valence-corrected chi connectivity index (χ3v) is 4.65. The maximum atomic E-state index is 12.0. The van der Waals surface area contributed by atoms with Crippen LogP contribution in [0.1, 0.15) is 27.4 Å². The van der Waals surface area contributed by atoms with Crippen LogP contribution in [0.5, 0.6) is 5.75 Å². The molecule has 1 aliphatic heterocycles. The largest absolute Gasteiger partial charge is 0.490 e. The fourth-order valence-electron chi connectivity index (χ4n) is 3.19. The molecule has 2 aromatic rings. The van der Waals surface area contributed by atoms with Crippen molar-refractivity contribution in [1.82, 2.24) is 10.3 Å². The van der Waals surface area contributed by atoms with Gasteiger partial charge in [0.2, 0.25) is 5.91 Å². The van der Waals surface area contributed by atoms with E-state index in [4.69, 9.17) is 26.8 Å². The molecule has 146 valence electrons. The number of pyridine rings is 1. The number of nitrogens with zero attached hydrogens (tertiary/aromatic N) is 1. The number of primary amides is 1. The van der Waals surface area contributed by atoms with E-state index in [1.807, 2.05) is 24.3 Å². The molecule has 1 aromatic heterocycles. The maximum Gasteiger partial charge on any atom is 0.407 e. The van der Waals surface area contributed by atoms with Crippen LogP contribution in [0.2, 0.25) is 5.15 Å². The Hall–Kier alpha value is -3.06. The van der Waals surface area contributed by atoms with Gasteiger partial charge in [0.1, 0.15) is 23.6 Å². The minimum absolute atomic E-state index is 0.165. The van der Waals surface area contributed by atoms with E-state index in [1.54, 1.807) is 6.08 Å². The Balaban J connectivity index is 1.96. The molecular formula is C20H20ClN3O4. The van der Waals surface area contributed by atoms with Crippen molar-refractivity contribution in [1.29, 1.82) is 0 Å². The molecule has 3 rings (SSSR count). The maximum absolute atomic E-state index is 12.0. The number of benzene rings is 1. The molecule has 0 bridgehead atoms. The van der Waals surface area contributed by atoms with Crippen molar-refractivity contribution in [3.05, 3.63) is 71.0 Å². The van der Waals surface area contributed by atoms with E-state index < -0.39 is 18.1 Å². The van der Waals surface area contributed by atoms with Gasteiger partial charge < -0.3 is 20.5 Å². The van der Waals surface area contributed by atoms with Gasteiger partial charge in [0.25, 0.3) is 0 Å². The van der Waals surface area contributed by atoms with E-state index in [0.717, 1.165) is 5.56 Å². The zero-order chi connectivity index (χ0) is 20.1. The first-order valence-electron chi connectivity index (χ1n) is 8.70. The fourth-order valence-corrected chi connectivity index (χ4v) is 3.35. The van der Waals surface area contributed by atoms with Crippen LogP contribution in [0.25, 0.3) is 0 Å². The fraction of sp³-hybridized carbons (Fsp3) is 0.250. The molecule has 0 unspecified atom stereocenters. The van der Waals surface area contributed by atoms with Gasteiger partial charge in [0, 0.05) is 17.7 Å². The first-order chi connectivity index (χ1) is 13.5. The molecule has 0 saturated carbocycles. The lowest BCUT2D eigenvalue weighted by molar-refractivity contribution is 0.0996. The lowest BCUT2D eigenvalue weighted by Gasteiger charge is -2.24. The number of amides is 2. The Labute approximate surface area is 167 Å². The van der Waals surface area contributed by atoms with E-state index >= 15 is 0 Å². The van der Waals surface area contributed by atoms with Crippen LogP contribution in [0.3, 0.4) is 0 Å². The van der Waals surface area contributed by atoms with Crippen LogP contribution < -0.4 is 15.8 Å². The second-order valence-corrected chi connectivity index (χ2v) is 6.73. The number of carbonyl (C=O) groups excluding carboxylic acids is 2. The number of halogens is 1. The monoisotopic (exact) mass is 401 g/mol. The van der Waals surface area contributed by atoms with Crippen LogP contribution in [0.4, 0.5) is 4.79 Å². The summed E-state index contributed by atoms with van der Waals surface area (Å²) in [4.78, 5) is 27.7. The summed E-state index contributed by atoms with van der Waals surface area (Å²) in [6.45, 7) is 4.35. The van der Waals surface area contributed by atoms with Crippen molar-refractivity contribution in [3.8, 4) is 5.75 Å². The Morgan fingerprint density at radius 1 is 1.50 bits per heavy atom. The Morgan fingerprint density at radius 3 is 3.00 bits per heavy atom. The molecule has 2 amide bonds. The molecule has 0 radical (unpaired) electrons. The summed E-state index contributed by atoms with van der Waals surface area (Å²) < 4.78 is 11.0. The van der Waals surface area contributed by atoms with E-state index in [1.165, 1.54) is 12.3 Å². The highest BCUT2D eigenvalue weighted by atomic mass is 35.5. The number of cyclic esters (lactones) is 1. The number of nitrogens with two attached hydrogens (primary N) is 1. The van der Waals surface area contributed by atoms with Crippen molar-refractivity contribution >= 4 is 23.6 Å². The minimum Gasteiger partial charge on any atom is -0.490 e. The minimum atomic E-state index is -0.621. The quantitative estimate of drug-likeness (QED) is 0.523. The van der Waals surface area contributed by atoms with Crippen LogP contribution in [0.15, 0.2) is 49.2 Å². The Kier molecular flexibility index (Phi) is 6.16. The van der Waals surface area contributed by atoms with E-state index in [2.05, 4.69) is 16.9 Å². The number of hydrogen-bond donors (Lipinski definition) is 2. The molecule has 2 atom stereocenters. The van der Waals surface area contributed by atoms with Gasteiger partial charge in [-0.1, -0.05) is 36.4 Å². The van der Waals surface area contributed by atoms with Gasteiger partial charge >= 0.3 is 6.09 Å². The topological polar surface area (TPSA) is 104 Å². The van der Waals surface area contributed by atoms with Crippen LogP contribution in [-0.4, -0.2) is 36.2 Å². The number of ether oxygens (including phenoxy) is 2. The third kappa shape index (κ3) is 4.61. The highest BCUT2D eigenvalue weighted by molar-refractivity contribution is 6.29. The number of rotatable bonds is 8. The predicted molar refractivity (Wildman–Crippen MR) is 105 cm³/mol. The molecule has 1 aliphatic rings. The second-order valence-electron chi connectivity index (χ2n) is 6.34. The number of carbonyl (C=O) groups is 2. The van der Waals surface area contributed by atoms with Gasteiger partial charge in [0.05, 0.1) is 6.54 Å². The van der Waals surface area contributed by atoms with Crippen molar-refractivity contribution < 1.29 is 19.1 Å². The van der Waals surface area contributed by atoms with Crippen molar-refractivity contribution in [2.75, 3.05) is 13.2 Å². The number of alkyl carbamates (subject to hydrolysis) is 1. The van der Waals surface area contributed by atoms with E-state index in [9.17, 15) is 9.59 Å². The number of hydrogen-bond acceptors (Lipinski definition) is 5. The highest BCUT2D eigenvalue weighted by Crippen LogP contribution is 2.32. The number of nitrogens with one attached hydrogen (secondary N) is 1. The van der Waals surface area contributed by atoms with Crippen molar-refractivity contribution in [3.63, 3.8) is 0 Å². The zero-order valence-electron chi connectivity index (χ0n) is 15.1. The summed E-state index contributed by atoms with van der Waals surface area (Å²) in [6.07, 6.45) is 2.68. The molecule has 1 saturated heterocycles. The van der Waals surface area contributed by atoms with Gasteiger partial charge in [-0.05, 0) is 35.7 Å². The average Bonchev–Trinajstić information content (AvgIpc) is 3.11. The summed E-state index contributed by atoms with van der Waals surface area (Å²) in [5.41, 5.74) is 7.32. The summed E-state index contributed by atoms with van der Waals surface area (Å²) in [6, 6.07) is 8.98. The predicted octanol–water partition coefficient (Wildman–Crippen LogP) is 2.83. The molecule has 8 heteroatoms. The normalized spacial score (nSPS) is 16.8. The molecule has 28 heavy (non-hydrogen) atoms. The molecule has 7 nitrogen and oxygen atoms in total. The van der Waals surface area contributed by atoms with E-state index in [-0.39, 0.29) is 16.6 Å². The van der Waals surface area contributed by atoms with Crippen LogP contribution in [0, 0.1) is 0 Å². The van der Waals surface area contributed by atoms with Crippen LogP contribution >= 0.6 is 11.6 Å². The van der Waals surface area contributed by atoms with E-state index in [0.29, 0.717) is 30.9 Å². The van der Waals surface area contributed by atoms with Gasteiger partial charge in [-0.3, -0.25) is 4.79 Å². The van der Waals surface area contributed by atoms with Gasteiger partial charge in [0.15, 0.2) is 0 Å². The lowest BCUT2D eigenvalue weighted by Crippen LogP contribution is -2.27. The molecule has 1 aromatic carbocycles. The summed E-state index contributed by atoms with van der Waals surface area (Å²) >= 11 is 5.94. The molecule has 1 fully saturated rings. The zero-order valence-corrected chi connectivity index (χ0v) is 15.8. The van der Waals surface area contributed by atoms with Crippen molar-refractivity contribution in [2.24, 2.45) is 5.73 Å². The second kappa shape index (κ2) is 8.75. The molecular weight excluding hydrogens is 382 g/mol. The number of aromatic nitrogens is 1. The summed E-state index contributed by atoms with van der Waals surface area (Å²) in [5, 5.41) is 2.81. The molecule has 3 N–H and O–H groups in total. The highest BCUT2D eigenvalue weighted by Gasteiger charge is 2.34. The standard InChI is InChI=1S/C20H20ClN3O4/c1-2-6-27-13-5-3-4-12(7-13)8-14(17-11-24-20(26)28-17)16-10-23-18(21)9-15(16)19(22)25/h2-5,7,9-10,14,17H,1,6,8,11H2,(H2,22,25)(H,24,26)/t14-,17-/m0/s1. The smallest absolute Gasteiger partial charge is 0.407 e. The Bertz CT molecular complexity index is 903. The summed E-state index contributed by atoms with van der Waals surface area (Å²) in [5.74, 6) is -0.271. The van der Waals surface area contributed by atoms with Gasteiger partial charge in [-0.15, -0.1) is 0 Å².